The molecule has 26 heavy (non-hydrogen) atoms. The van der Waals surface area contributed by atoms with Gasteiger partial charge in [0.15, 0.2) is 33.4 Å². The highest BCUT2D eigenvalue weighted by molar-refractivity contribution is 14.1. The molecule has 0 spiro atoms. The van der Waals surface area contributed by atoms with Crippen LogP contribution in [0.15, 0.2) is 6.33 Å². The number of aromatic nitrogens is 4. The fourth-order valence-electron chi connectivity index (χ4n) is 3.38. The highest BCUT2D eigenvalue weighted by Gasteiger charge is 2.58. The number of hydrogen-bond acceptors (Lipinski definition) is 8. The van der Waals surface area contributed by atoms with Crippen molar-refractivity contribution in [2.45, 2.75) is 51.1 Å². The molecule has 2 aromatic heterocycles. The van der Waals surface area contributed by atoms with Crippen LogP contribution in [-0.2, 0) is 19.0 Å². The van der Waals surface area contributed by atoms with E-state index in [1.165, 1.54) is 0 Å². The number of nitrogens with one attached hydrogen (secondary N) is 1. The van der Waals surface area contributed by atoms with Gasteiger partial charge in [0, 0.05) is 29.1 Å². The highest BCUT2D eigenvalue weighted by Crippen LogP contribution is 2.43. The lowest BCUT2D eigenvalue weighted by molar-refractivity contribution is -0.197. The van der Waals surface area contributed by atoms with E-state index in [2.05, 4.69) is 20.3 Å². The van der Waals surface area contributed by atoms with E-state index >= 15 is 0 Å². The molecule has 0 radical (unpaired) electrons. The quantitative estimate of drug-likeness (QED) is 0.489. The maximum absolute atomic E-state index is 12.4. The zero-order valence-corrected chi connectivity index (χ0v) is 16.6. The maximum Gasteiger partial charge on any atom is 0.252 e. The number of likely N-dealkylation sites (N-methyl/N-ethyl adjacent to an activating group) is 1. The van der Waals surface area contributed by atoms with Gasteiger partial charge >= 0.3 is 0 Å². The van der Waals surface area contributed by atoms with E-state index in [1.807, 2.05) is 43.4 Å². The number of carbonyl (C=O) groups is 1. The lowest BCUT2D eigenvalue weighted by Gasteiger charge is -2.24. The molecule has 1 amide bonds. The molecule has 0 bridgehead atoms. The first-order valence-electron chi connectivity index (χ1n) is 8.25. The number of imidazole rings is 1. The molecule has 2 fully saturated rings. The summed E-state index contributed by atoms with van der Waals surface area (Å²) in [4.78, 5) is 25.3. The third kappa shape index (κ3) is 2.82. The van der Waals surface area contributed by atoms with Crippen molar-refractivity contribution >= 4 is 45.5 Å². The van der Waals surface area contributed by atoms with E-state index in [9.17, 15) is 4.79 Å². The number of nitrogens with zero attached hydrogens (tertiary/aromatic N) is 4. The summed E-state index contributed by atoms with van der Waals surface area (Å²) < 4.78 is 20.2. The Labute approximate surface area is 162 Å². The number of nitrogens with two attached hydrogens (primary N) is 1. The van der Waals surface area contributed by atoms with E-state index in [4.69, 9.17) is 19.9 Å². The van der Waals surface area contributed by atoms with Crippen LogP contribution < -0.4 is 11.1 Å². The van der Waals surface area contributed by atoms with Crippen molar-refractivity contribution in [3.8, 4) is 0 Å². The molecule has 2 aromatic rings. The summed E-state index contributed by atoms with van der Waals surface area (Å²) in [5.41, 5.74) is 6.94. The van der Waals surface area contributed by atoms with Crippen LogP contribution in [0, 0.1) is 3.83 Å². The van der Waals surface area contributed by atoms with Crippen molar-refractivity contribution in [1.82, 2.24) is 24.8 Å². The number of nitrogen functional groups attached to an aromatic ring is 1. The first-order chi connectivity index (χ1) is 12.3. The second-order valence-corrected chi connectivity index (χ2v) is 7.57. The number of rotatable bonds is 3. The molecular formula is C15H19IN6O4. The Morgan fingerprint density at radius 2 is 2.12 bits per heavy atom. The Balaban J connectivity index is 1.76. The summed E-state index contributed by atoms with van der Waals surface area (Å²) in [5.74, 6) is -0.766. The predicted octanol–water partition coefficient (Wildman–Crippen LogP) is 0.567. The van der Waals surface area contributed by atoms with Gasteiger partial charge in [-0.15, -0.1) is 0 Å². The Bertz CT molecular complexity index is 871. The molecule has 10 nitrogen and oxygen atoms in total. The number of halogens is 1. The van der Waals surface area contributed by atoms with E-state index in [-0.39, 0.29) is 11.7 Å². The Kier molecular flexibility index (Phi) is 4.28. The zero-order valence-electron chi connectivity index (χ0n) is 14.5. The summed E-state index contributed by atoms with van der Waals surface area (Å²) >= 11 is 1.99. The van der Waals surface area contributed by atoms with Crippen LogP contribution >= 0.6 is 22.6 Å². The van der Waals surface area contributed by atoms with Crippen LogP contribution in [0.5, 0.6) is 0 Å². The highest BCUT2D eigenvalue weighted by atomic mass is 127. The Morgan fingerprint density at radius 3 is 2.85 bits per heavy atom. The molecule has 11 heteroatoms. The molecule has 2 aliphatic heterocycles. The molecule has 0 aliphatic carbocycles. The van der Waals surface area contributed by atoms with Gasteiger partial charge in [-0.05, 0) is 20.8 Å². The van der Waals surface area contributed by atoms with Crippen LogP contribution in [0.2, 0.25) is 0 Å². The second-order valence-electron chi connectivity index (χ2n) is 6.61. The first-order valence-corrected chi connectivity index (χ1v) is 9.33. The minimum Gasteiger partial charge on any atom is -0.382 e. The van der Waals surface area contributed by atoms with Crippen molar-refractivity contribution in [3.05, 3.63) is 10.2 Å². The molecular weight excluding hydrogens is 455 g/mol. The van der Waals surface area contributed by atoms with Crippen LogP contribution in [-0.4, -0.2) is 56.1 Å². The zero-order chi connectivity index (χ0) is 18.6. The summed E-state index contributed by atoms with van der Waals surface area (Å²) in [6.45, 7) is 5.97. The molecule has 4 atom stereocenters. The van der Waals surface area contributed by atoms with Gasteiger partial charge in [0.2, 0.25) is 0 Å². The summed E-state index contributed by atoms with van der Waals surface area (Å²) in [6.07, 6.45) is -0.851. The van der Waals surface area contributed by atoms with Crippen LogP contribution in [0.4, 0.5) is 5.82 Å². The van der Waals surface area contributed by atoms with Crippen molar-refractivity contribution in [3.63, 3.8) is 0 Å². The van der Waals surface area contributed by atoms with Crippen molar-refractivity contribution in [2.24, 2.45) is 0 Å². The molecule has 0 unspecified atom stereocenters. The average Bonchev–Trinajstić information content (AvgIpc) is 3.18. The molecule has 4 rings (SSSR count). The smallest absolute Gasteiger partial charge is 0.252 e. The minimum absolute atomic E-state index is 0.237. The number of amides is 1. The van der Waals surface area contributed by atoms with Gasteiger partial charge in [-0.2, -0.15) is 0 Å². The van der Waals surface area contributed by atoms with Gasteiger partial charge in [0.1, 0.15) is 17.7 Å². The number of anilines is 1. The maximum atomic E-state index is 12.4. The Hall–Kier alpha value is -1.57. The van der Waals surface area contributed by atoms with Crippen molar-refractivity contribution < 1.29 is 19.0 Å². The summed E-state index contributed by atoms with van der Waals surface area (Å²) in [6, 6.07) is 0. The Morgan fingerprint density at radius 1 is 1.38 bits per heavy atom. The number of fused-ring (bicyclic) bond motifs is 2. The van der Waals surface area contributed by atoms with Gasteiger partial charge in [0.05, 0.1) is 6.33 Å². The normalized spacial score (nSPS) is 29.8. The third-order valence-electron chi connectivity index (χ3n) is 4.33. The molecule has 140 valence electrons. The molecule has 4 heterocycles. The average molecular weight is 474 g/mol. The summed E-state index contributed by atoms with van der Waals surface area (Å²) in [5, 5.41) is 2.78. The third-order valence-corrected chi connectivity index (χ3v) is 4.82. The second kappa shape index (κ2) is 6.25. The van der Waals surface area contributed by atoms with Crippen molar-refractivity contribution in [2.75, 3.05) is 12.3 Å². The fourth-order valence-corrected chi connectivity index (χ4v) is 3.87. The molecule has 3 N–H and O–H groups in total. The standard InChI is InChI=1S/C15H19IN6O4/c1-4-18-12(23)8-7-9(26-15(2,3)25-7)13(24-8)22-5-19-6-10(17)20-14(16)21-11(6)22/h5,7-9,13H,4H2,1-3H3,(H,18,23)(H2,17,20,21)/t7-,8+,9-,13-/m1/s1. The van der Waals surface area contributed by atoms with E-state index in [0.29, 0.717) is 21.5 Å². The number of ether oxygens (including phenoxy) is 3. The largest absolute Gasteiger partial charge is 0.382 e. The topological polar surface area (TPSA) is 126 Å². The number of hydrogen-bond donors (Lipinski definition) is 2. The van der Waals surface area contributed by atoms with Crippen LogP contribution in [0.25, 0.3) is 11.2 Å². The molecule has 2 saturated heterocycles. The van der Waals surface area contributed by atoms with E-state index < -0.39 is 30.3 Å². The minimum atomic E-state index is -0.819. The number of carbonyl (C=O) groups excluding carboxylic acids is 1. The molecule has 2 aliphatic rings. The van der Waals surface area contributed by atoms with Gasteiger partial charge in [-0.1, -0.05) is 0 Å². The SMILES string of the molecule is CCNC(=O)[C@H]1O[C@@H](n2cnc3c(N)nc(I)nc32)[C@@H]2OC(C)(C)O[C@@H]21. The van der Waals surface area contributed by atoms with Gasteiger partial charge < -0.3 is 25.3 Å². The van der Waals surface area contributed by atoms with E-state index in [0.717, 1.165) is 0 Å². The van der Waals surface area contributed by atoms with E-state index in [1.54, 1.807) is 10.9 Å². The first kappa shape index (κ1) is 17.8. The summed E-state index contributed by atoms with van der Waals surface area (Å²) in [7, 11) is 0. The van der Waals surface area contributed by atoms with Crippen molar-refractivity contribution in [1.29, 1.82) is 0 Å². The molecule has 0 aromatic carbocycles. The van der Waals surface area contributed by atoms with Gasteiger partial charge in [-0.3, -0.25) is 9.36 Å². The van der Waals surface area contributed by atoms with Crippen LogP contribution in [0.1, 0.15) is 27.0 Å². The predicted molar refractivity (Wildman–Crippen MR) is 98.9 cm³/mol. The molecule has 0 saturated carbocycles. The van der Waals surface area contributed by atoms with Crippen LogP contribution in [0.3, 0.4) is 0 Å². The lowest BCUT2D eigenvalue weighted by Crippen LogP contribution is -2.42. The van der Waals surface area contributed by atoms with Gasteiger partial charge in [0.25, 0.3) is 5.91 Å². The lowest BCUT2D eigenvalue weighted by atomic mass is 10.1. The van der Waals surface area contributed by atoms with Gasteiger partial charge in [-0.25, -0.2) is 15.0 Å². The fraction of sp³-hybridized carbons (Fsp3) is 0.600. The monoisotopic (exact) mass is 474 g/mol.